The summed E-state index contributed by atoms with van der Waals surface area (Å²) in [4.78, 5) is 10.2. The number of rotatable bonds is 13. The quantitative estimate of drug-likeness (QED) is 0.292. The summed E-state index contributed by atoms with van der Waals surface area (Å²) in [5.74, 6) is -0.942. The molecule has 3 heteroatoms. The van der Waals surface area contributed by atoms with Crippen LogP contribution < -0.4 is 5.11 Å². The lowest BCUT2D eigenvalue weighted by molar-refractivity contribution is -0.305. The molecule has 21 heavy (non-hydrogen) atoms. The number of ether oxygens (including phenoxy) is 1. The third kappa shape index (κ3) is 18.2. The van der Waals surface area contributed by atoms with E-state index >= 15 is 0 Å². The first-order valence-corrected chi connectivity index (χ1v) is 7.76. The number of carbonyl (C=O) groups excluding carboxylic acids is 1. The predicted octanol–water partition coefficient (Wildman–Crippen LogP) is 4.03. The minimum Gasteiger partial charge on any atom is -0.550 e. The fourth-order valence-corrected chi connectivity index (χ4v) is 1.68. The summed E-state index contributed by atoms with van der Waals surface area (Å²) >= 11 is 0. The number of aliphatic carboxylic acids is 1. The van der Waals surface area contributed by atoms with Gasteiger partial charge in [0.1, 0.15) is 0 Å². The van der Waals surface area contributed by atoms with Gasteiger partial charge in [-0.15, -0.1) is 0 Å². The molecule has 0 bridgehead atoms. The first kappa shape index (κ1) is 19.2. The van der Waals surface area contributed by atoms with E-state index in [9.17, 15) is 9.90 Å². The van der Waals surface area contributed by atoms with Crippen LogP contribution in [0.1, 0.15) is 58.3 Å². The van der Waals surface area contributed by atoms with Crippen LogP contribution in [0.3, 0.4) is 0 Å². The van der Waals surface area contributed by atoms with E-state index in [0.717, 1.165) is 44.9 Å². The standard InChI is InChI=1S/C18H28O3/c1-2-3-4-13-16-21-17-14-11-9-7-5-6-8-10-12-15-18(19)20/h3-4,9,11,13-14,16-17H,2,5-8,10,12,15H2,1H3,(H,19,20)/p-1/b4-3-,11-9-,16-13+,17-14-. The minimum atomic E-state index is -0.942. The van der Waals surface area contributed by atoms with E-state index in [4.69, 9.17) is 4.74 Å². The molecule has 0 saturated carbocycles. The van der Waals surface area contributed by atoms with Crippen molar-refractivity contribution in [1.29, 1.82) is 0 Å². The number of hydrogen-bond donors (Lipinski definition) is 0. The minimum absolute atomic E-state index is 0.188. The predicted molar refractivity (Wildman–Crippen MR) is 85.3 cm³/mol. The lowest BCUT2D eigenvalue weighted by Crippen LogP contribution is -2.21. The van der Waals surface area contributed by atoms with Crippen molar-refractivity contribution in [2.24, 2.45) is 0 Å². The molecule has 0 heterocycles. The fourth-order valence-electron chi connectivity index (χ4n) is 1.68. The molecule has 0 aromatic carbocycles. The van der Waals surface area contributed by atoms with Gasteiger partial charge < -0.3 is 14.6 Å². The van der Waals surface area contributed by atoms with Gasteiger partial charge in [0.25, 0.3) is 0 Å². The van der Waals surface area contributed by atoms with Crippen LogP contribution in [0, 0.1) is 0 Å². The molecule has 0 amide bonds. The normalized spacial score (nSPS) is 12.2. The maximum Gasteiger partial charge on any atom is 0.0901 e. The number of carboxylic acids is 1. The largest absolute Gasteiger partial charge is 0.550 e. The summed E-state index contributed by atoms with van der Waals surface area (Å²) < 4.78 is 5.15. The van der Waals surface area contributed by atoms with Crippen LogP contribution in [-0.2, 0) is 9.53 Å². The zero-order valence-corrected chi connectivity index (χ0v) is 13.0. The van der Waals surface area contributed by atoms with Gasteiger partial charge in [0, 0.05) is 5.97 Å². The Hall–Kier alpha value is -1.77. The monoisotopic (exact) mass is 291 g/mol. The number of carboxylic acid groups (broad SMARTS) is 1. The van der Waals surface area contributed by atoms with Crippen molar-refractivity contribution in [1.82, 2.24) is 0 Å². The third-order valence-corrected chi connectivity index (χ3v) is 2.80. The summed E-state index contributed by atoms with van der Waals surface area (Å²) in [6, 6.07) is 0. The molecular formula is C18H27O3-. The van der Waals surface area contributed by atoms with E-state index in [-0.39, 0.29) is 6.42 Å². The molecule has 0 unspecified atom stereocenters. The van der Waals surface area contributed by atoms with Gasteiger partial charge in [0.05, 0.1) is 12.5 Å². The summed E-state index contributed by atoms with van der Waals surface area (Å²) in [5.41, 5.74) is 0. The second kappa shape index (κ2) is 16.3. The Morgan fingerprint density at radius 2 is 1.52 bits per heavy atom. The van der Waals surface area contributed by atoms with Crippen molar-refractivity contribution in [2.45, 2.75) is 58.3 Å². The molecule has 0 fully saturated rings. The maximum absolute atomic E-state index is 10.2. The highest BCUT2D eigenvalue weighted by Gasteiger charge is 1.90. The Kier molecular flexibility index (Phi) is 14.9. The Labute approximate surface area is 128 Å². The summed E-state index contributed by atoms with van der Waals surface area (Å²) in [7, 11) is 0. The van der Waals surface area contributed by atoms with Crippen LogP contribution in [0.4, 0.5) is 0 Å². The number of allylic oxidation sites excluding steroid dienone is 6. The van der Waals surface area contributed by atoms with E-state index in [2.05, 4.69) is 19.1 Å². The van der Waals surface area contributed by atoms with Crippen molar-refractivity contribution in [3.05, 3.63) is 49.0 Å². The van der Waals surface area contributed by atoms with Crippen LogP contribution in [0.2, 0.25) is 0 Å². The summed E-state index contributed by atoms with van der Waals surface area (Å²) in [6.07, 6.45) is 22.5. The van der Waals surface area contributed by atoms with Crippen molar-refractivity contribution in [2.75, 3.05) is 0 Å². The molecule has 0 aromatic heterocycles. The average Bonchev–Trinajstić information content (AvgIpc) is 2.46. The molecule has 0 rings (SSSR count). The molecular weight excluding hydrogens is 264 g/mol. The second-order valence-electron chi connectivity index (χ2n) is 4.74. The van der Waals surface area contributed by atoms with Gasteiger partial charge in [-0.1, -0.05) is 50.5 Å². The average molecular weight is 291 g/mol. The molecule has 0 aliphatic carbocycles. The smallest absolute Gasteiger partial charge is 0.0901 e. The van der Waals surface area contributed by atoms with E-state index < -0.39 is 5.97 Å². The zero-order chi connectivity index (χ0) is 15.6. The Morgan fingerprint density at radius 1 is 0.905 bits per heavy atom. The van der Waals surface area contributed by atoms with Crippen LogP contribution in [0.15, 0.2) is 49.0 Å². The van der Waals surface area contributed by atoms with Gasteiger partial charge in [-0.3, -0.25) is 0 Å². The number of hydrogen-bond acceptors (Lipinski definition) is 3. The topological polar surface area (TPSA) is 49.4 Å². The molecule has 0 N–H and O–H groups in total. The molecule has 0 aliphatic heterocycles. The molecule has 0 aliphatic rings. The number of carbonyl (C=O) groups is 1. The van der Waals surface area contributed by atoms with E-state index in [1.54, 1.807) is 12.5 Å². The highest BCUT2D eigenvalue weighted by molar-refractivity contribution is 5.63. The lowest BCUT2D eigenvalue weighted by Gasteiger charge is -2.01. The maximum atomic E-state index is 10.2. The molecule has 0 radical (unpaired) electrons. The molecule has 3 nitrogen and oxygen atoms in total. The van der Waals surface area contributed by atoms with E-state index in [1.807, 2.05) is 24.3 Å². The lowest BCUT2D eigenvalue weighted by atomic mass is 10.1. The molecule has 0 spiro atoms. The van der Waals surface area contributed by atoms with Crippen molar-refractivity contribution in [3.63, 3.8) is 0 Å². The van der Waals surface area contributed by atoms with Crippen LogP contribution >= 0.6 is 0 Å². The highest BCUT2D eigenvalue weighted by atomic mass is 16.5. The number of unbranched alkanes of at least 4 members (excludes halogenated alkanes) is 5. The third-order valence-electron chi connectivity index (χ3n) is 2.80. The van der Waals surface area contributed by atoms with Crippen LogP contribution in [0.25, 0.3) is 0 Å². The van der Waals surface area contributed by atoms with Crippen molar-refractivity contribution >= 4 is 5.97 Å². The highest BCUT2D eigenvalue weighted by Crippen LogP contribution is 2.07. The molecule has 0 atom stereocenters. The summed E-state index contributed by atoms with van der Waals surface area (Å²) in [5, 5.41) is 10.2. The van der Waals surface area contributed by atoms with Gasteiger partial charge in [-0.25, -0.2) is 0 Å². The van der Waals surface area contributed by atoms with Gasteiger partial charge >= 0.3 is 0 Å². The molecule has 118 valence electrons. The Bertz CT molecular complexity index is 351. The van der Waals surface area contributed by atoms with Gasteiger partial charge in [0.15, 0.2) is 0 Å². The fraction of sp³-hybridized carbons (Fsp3) is 0.500. The Balaban J connectivity index is 3.34. The van der Waals surface area contributed by atoms with Crippen molar-refractivity contribution in [3.8, 4) is 0 Å². The van der Waals surface area contributed by atoms with Crippen LogP contribution in [-0.4, -0.2) is 5.97 Å². The first-order valence-electron chi connectivity index (χ1n) is 7.76. The van der Waals surface area contributed by atoms with Crippen molar-refractivity contribution < 1.29 is 14.6 Å². The van der Waals surface area contributed by atoms with Crippen LogP contribution in [0.5, 0.6) is 0 Å². The van der Waals surface area contributed by atoms with Gasteiger partial charge in [-0.2, -0.15) is 0 Å². The molecule has 0 aromatic rings. The van der Waals surface area contributed by atoms with Gasteiger partial charge in [-0.05, 0) is 44.3 Å². The first-order chi connectivity index (χ1) is 10.3. The van der Waals surface area contributed by atoms with Gasteiger partial charge in [0.2, 0.25) is 0 Å². The van der Waals surface area contributed by atoms with E-state index in [1.165, 1.54) is 0 Å². The molecule has 0 saturated heterocycles. The zero-order valence-electron chi connectivity index (χ0n) is 13.0. The summed E-state index contributed by atoms with van der Waals surface area (Å²) in [6.45, 7) is 2.09. The Morgan fingerprint density at radius 3 is 2.19 bits per heavy atom. The van der Waals surface area contributed by atoms with E-state index in [0.29, 0.717) is 0 Å². The second-order valence-corrected chi connectivity index (χ2v) is 4.74. The SMILES string of the molecule is CC/C=C\C=C\O/C=C\C=C/CCCCCCCC(=O)[O-].